The number of hydrogen-bond acceptors (Lipinski definition) is 5. The van der Waals surface area contributed by atoms with Gasteiger partial charge in [-0.1, -0.05) is 44.6 Å². The molecule has 0 radical (unpaired) electrons. The molecule has 6 nitrogen and oxygen atoms in total. The number of benzene rings is 1. The molecule has 2 rings (SSSR count). The summed E-state index contributed by atoms with van der Waals surface area (Å²) in [7, 11) is 0. The number of nitrogens with one attached hydrogen (secondary N) is 1. The monoisotopic (exact) mass is 324 g/mol. The van der Waals surface area contributed by atoms with Crippen molar-refractivity contribution in [3.8, 4) is 0 Å². The molecule has 0 fully saturated rings. The van der Waals surface area contributed by atoms with Gasteiger partial charge in [-0.2, -0.15) is 0 Å². The van der Waals surface area contributed by atoms with Crippen LogP contribution in [-0.4, -0.2) is 16.8 Å². The number of ketones is 1. The average Bonchev–Trinajstić information content (AvgIpc) is 3.01. The Bertz CT molecular complexity index is 835. The predicted octanol–water partition coefficient (Wildman–Crippen LogP) is 4.12. The molecule has 24 heavy (non-hydrogen) atoms. The lowest BCUT2D eigenvalue weighted by Gasteiger charge is -2.12. The molecule has 124 valence electrons. The molecule has 0 aliphatic heterocycles. The van der Waals surface area contributed by atoms with E-state index in [1.54, 1.807) is 6.07 Å². The van der Waals surface area contributed by atoms with Crippen molar-refractivity contribution in [1.82, 2.24) is 5.16 Å². The number of aromatic nitrogens is 1. The van der Waals surface area contributed by atoms with E-state index in [4.69, 9.17) is 11.1 Å². The minimum absolute atomic E-state index is 0.0810. The second-order valence-corrected chi connectivity index (χ2v) is 6.63. The van der Waals surface area contributed by atoms with Gasteiger partial charge in [0, 0.05) is 11.5 Å². The Balaban J connectivity index is 2.24. The molecule has 0 aliphatic carbocycles. The van der Waals surface area contributed by atoms with Crippen molar-refractivity contribution < 1.29 is 9.32 Å². The fourth-order valence-electron chi connectivity index (χ4n) is 1.95. The number of hydrazone groups is 1. The molecule has 1 heterocycles. The molecule has 0 aliphatic rings. The fourth-order valence-corrected chi connectivity index (χ4v) is 1.95. The van der Waals surface area contributed by atoms with E-state index in [0.717, 1.165) is 16.8 Å². The van der Waals surface area contributed by atoms with Crippen LogP contribution in [0.15, 0.2) is 33.9 Å². The van der Waals surface area contributed by atoms with Gasteiger partial charge in [-0.25, -0.2) is 5.43 Å². The average molecular weight is 324 g/mol. The van der Waals surface area contributed by atoms with Crippen LogP contribution in [0.3, 0.4) is 0 Å². The zero-order valence-electron chi connectivity index (χ0n) is 14.5. The summed E-state index contributed by atoms with van der Waals surface area (Å²) in [5.41, 5.74) is 5.38. The van der Waals surface area contributed by atoms with Gasteiger partial charge in [-0.15, -0.1) is 0 Å². The van der Waals surface area contributed by atoms with E-state index in [0.29, 0.717) is 5.76 Å². The van der Waals surface area contributed by atoms with Crippen LogP contribution in [0.25, 0.3) is 4.85 Å². The second kappa shape index (κ2) is 6.67. The van der Waals surface area contributed by atoms with Crippen LogP contribution < -0.4 is 5.43 Å². The number of anilines is 1. The van der Waals surface area contributed by atoms with Gasteiger partial charge < -0.3 is 9.37 Å². The zero-order chi connectivity index (χ0) is 17.9. The van der Waals surface area contributed by atoms with Crippen LogP contribution in [-0.2, 0) is 5.41 Å². The van der Waals surface area contributed by atoms with Crippen molar-refractivity contribution in [3.63, 3.8) is 0 Å². The fraction of sp³-hybridized carbons (Fsp3) is 0.333. The van der Waals surface area contributed by atoms with Gasteiger partial charge >= 0.3 is 5.84 Å². The molecule has 1 aromatic heterocycles. The maximum absolute atomic E-state index is 12.4. The van der Waals surface area contributed by atoms with Crippen LogP contribution in [0.1, 0.15) is 48.1 Å². The van der Waals surface area contributed by atoms with E-state index in [1.807, 2.05) is 52.8 Å². The lowest BCUT2D eigenvalue weighted by Crippen LogP contribution is -2.13. The molecule has 0 bridgehead atoms. The molecule has 2 aromatic rings. The first kappa shape index (κ1) is 17.4. The Morgan fingerprint density at radius 2 is 2.00 bits per heavy atom. The van der Waals surface area contributed by atoms with Gasteiger partial charge in [0.1, 0.15) is 11.5 Å². The Morgan fingerprint density at radius 3 is 2.58 bits per heavy atom. The van der Waals surface area contributed by atoms with E-state index < -0.39 is 5.78 Å². The molecule has 0 amide bonds. The molecular weight excluding hydrogens is 304 g/mol. The Labute approximate surface area is 141 Å². The number of carbonyl (C=O) groups excluding carboxylic acids is 1. The minimum Gasteiger partial charge on any atom is -0.360 e. The van der Waals surface area contributed by atoms with Gasteiger partial charge in [0.2, 0.25) is 5.78 Å². The molecule has 0 saturated heterocycles. The van der Waals surface area contributed by atoms with Gasteiger partial charge in [-0.3, -0.25) is 4.79 Å². The molecule has 6 heteroatoms. The molecule has 0 spiro atoms. The van der Waals surface area contributed by atoms with Gasteiger partial charge in [0.15, 0.2) is 0 Å². The largest absolute Gasteiger partial charge is 0.360 e. The second-order valence-electron chi connectivity index (χ2n) is 6.63. The van der Waals surface area contributed by atoms with Gasteiger partial charge in [-0.05, 0) is 36.1 Å². The number of rotatable bonds is 4. The Kier molecular flexibility index (Phi) is 4.84. The van der Waals surface area contributed by atoms with Crippen LogP contribution in [0, 0.1) is 20.4 Å². The van der Waals surface area contributed by atoms with Crippen LogP contribution >= 0.6 is 0 Å². The van der Waals surface area contributed by atoms with E-state index >= 15 is 0 Å². The summed E-state index contributed by atoms with van der Waals surface area (Å²) in [5, 5.41) is 7.71. The van der Waals surface area contributed by atoms with E-state index in [2.05, 4.69) is 20.5 Å². The van der Waals surface area contributed by atoms with Gasteiger partial charge in [0.05, 0.1) is 5.69 Å². The highest BCUT2D eigenvalue weighted by atomic mass is 16.5. The summed E-state index contributed by atoms with van der Waals surface area (Å²) in [6.45, 7) is 16.9. The third kappa shape index (κ3) is 3.87. The van der Waals surface area contributed by atoms with Crippen molar-refractivity contribution in [2.45, 2.75) is 40.0 Å². The summed E-state index contributed by atoms with van der Waals surface area (Å²) >= 11 is 0. The summed E-state index contributed by atoms with van der Waals surface area (Å²) < 4.78 is 5.19. The van der Waals surface area contributed by atoms with Crippen LogP contribution in [0.2, 0.25) is 0 Å². The molecule has 0 saturated carbocycles. The maximum atomic E-state index is 12.4. The van der Waals surface area contributed by atoms with Crippen molar-refractivity contribution in [2.24, 2.45) is 5.10 Å². The standard InChI is InChI=1S/C18H20N4O2/c1-11-7-8-12(2)13(9-11)20-21-17(19-6)16(23)14-10-15(24-22-14)18(3,4)5/h7-10,20H,1-5H3/b21-17+. The highest BCUT2D eigenvalue weighted by molar-refractivity contribution is 6.48. The maximum Gasteiger partial charge on any atom is 0.343 e. The highest BCUT2D eigenvalue weighted by Gasteiger charge is 2.24. The van der Waals surface area contributed by atoms with Crippen molar-refractivity contribution >= 4 is 17.3 Å². The molecule has 0 unspecified atom stereocenters. The number of amidine groups is 1. The lowest BCUT2D eigenvalue weighted by atomic mass is 9.93. The normalized spacial score (nSPS) is 11.9. The van der Waals surface area contributed by atoms with Crippen molar-refractivity contribution in [1.29, 1.82) is 0 Å². The number of carbonyl (C=O) groups is 1. The number of nitrogens with zero attached hydrogens (tertiary/aromatic N) is 3. The number of Topliss-reactive ketones (excluding diaryl/α,β-unsaturated/α-hetero) is 1. The van der Waals surface area contributed by atoms with E-state index in [9.17, 15) is 4.79 Å². The number of aryl methyl sites for hydroxylation is 2. The highest BCUT2D eigenvalue weighted by Crippen LogP contribution is 2.23. The first-order valence-corrected chi connectivity index (χ1v) is 7.52. The van der Waals surface area contributed by atoms with Gasteiger partial charge in [0.25, 0.3) is 0 Å². The third-order valence-electron chi connectivity index (χ3n) is 3.47. The lowest BCUT2D eigenvalue weighted by molar-refractivity contribution is 0.105. The van der Waals surface area contributed by atoms with E-state index in [-0.39, 0.29) is 16.9 Å². The molecule has 1 N–H and O–H groups in total. The predicted molar refractivity (Wildman–Crippen MR) is 93.1 cm³/mol. The summed E-state index contributed by atoms with van der Waals surface area (Å²) in [5.74, 6) is -0.274. The number of hydrogen-bond donors (Lipinski definition) is 1. The molecular formula is C18H20N4O2. The smallest absolute Gasteiger partial charge is 0.343 e. The van der Waals surface area contributed by atoms with Crippen molar-refractivity contribution in [2.75, 3.05) is 5.43 Å². The third-order valence-corrected chi connectivity index (χ3v) is 3.47. The SMILES string of the molecule is [C-]#[N+]/C(=N/Nc1cc(C)ccc1C)C(=O)c1cc(C(C)(C)C)on1. The summed E-state index contributed by atoms with van der Waals surface area (Å²) in [6, 6.07) is 7.38. The first-order chi connectivity index (χ1) is 11.2. The van der Waals surface area contributed by atoms with E-state index in [1.165, 1.54) is 0 Å². The summed E-state index contributed by atoms with van der Waals surface area (Å²) in [6.07, 6.45) is 0. The van der Waals surface area contributed by atoms with Crippen LogP contribution in [0.4, 0.5) is 5.69 Å². The summed E-state index contributed by atoms with van der Waals surface area (Å²) in [4.78, 5) is 15.6. The quantitative estimate of drug-likeness (QED) is 0.302. The zero-order valence-corrected chi connectivity index (χ0v) is 14.5. The molecule has 1 aromatic carbocycles. The topological polar surface area (TPSA) is 71.8 Å². The van der Waals surface area contributed by atoms with Crippen molar-refractivity contribution in [3.05, 3.63) is 58.3 Å². The molecule has 0 atom stereocenters. The Morgan fingerprint density at radius 1 is 1.29 bits per heavy atom. The van der Waals surface area contributed by atoms with Crippen LogP contribution in [0.5, 0.6) is 0 Å². The minimum atomic E-state index is -0.568. The first-order valence-electron chi connectivity index (χ1n) is 7.52. The Hall–Kier alpha value is -2.94.